The summed E-state index contributed by atoms with van der Waals surface area (Å²) in [7, 11) is 0. The first-order chi connectivity index (χ1) is 9.06. The van der Waals surface area contributed by atoms with Gasteiger partial charge in [0.25, 0.3) is 0 Å². The lowest BCUT2D eigenvalue weighted by molar-refractivity contribution is -0.137. The van der Waals surface area contributed by atoms with Crippen LogP contribution in [0.1, 0.15) is 30.7 Å². The van der Waals surface area contributed by atoms with Crippen molar-refractivity contribution in [2.75, 3.05) is 6.54 Å². The van der Waals surface area contributed by atoms with Crippen molar-refractivity contribution >= 4 is 11.9 Å². The van der Waals surface area contributed by atoms with Crippen molar-refractivity contribution in [1.82, 2.24) is 5.32 Å². The molecule has 1 aromatic rings. The van der Waals surface area contributed by atoms with Crippen LogP contribution < -0.4 is 5.32 Å². The minimum atomic E-state index is -0.838. The smallest absolute Gasteiger partial charge is 0.303 e. The van der Waals surface area contributed by atoms with E-state index in [0.717, 1.165) is 5.56 Å². The van der Waals surface area contributed by atoms with Crippen LogP contribution in [0.15, 0.2) is 24.3 Å². The Hall–Kier alpha value is -1.91. The maximum Gasteiger partial charge on any atom is 0.303 e. The molecule has 1 amide bonds. The third-order valence-electron chi connectivity index (χ3n) is 3.56. The Labute approximate surface area is 110 Å². The van der Waals surface area contributed by atoms with Gasteiger partial charge in [-0.25, -0.2) is 4.39 Å². The highest BCUT2D eigenvalue weighted by Crippen LogP contribution is 2.33. The lowest BCUT2D eigenvalue weighted by Gasteiger charge is -2.31. The molecule has 1 aromatic carbocycles. The van der Waals surface area contributed by atoms with Gasteiger partial charge >= 0.3 is 5.97 Å². The average molecular weight is 265 g/mol. The predicted octanol–water partition coefficient (Wildman–Crippen LogP) is 1.91. The molecule has 1 aliphatic heterocycles. The quantitative estimate of drug-likeness (QED) is 0.874. The number of aliphatic carboxylic acids is 1. The Morgan fingerprint density at radius 3 is 2.68 bits per heavy atom. The molecule has 0 radical (unpaired) electrons. The molecule has 1 saturated heterocycles. The zero-order chi connectivity index (χ0) is 13.8. The molecule has 102 valence electrons. The number of piperidine rings is 1. The summed E-state index contributed by atoms with van der Waals surface area (Å²) in [5.74, 6) is -1.14. The number of benzene rings is 1. The third-order valence-corrected chi connectivity index (χ3v) is 3.56. The van der Waals surface area contributed by atoms with Gasteiger partial charge < -0.3 is 10.4 Å². The Morgan fingerprint density at radius 2 is 2.05 bits per heavy atom. The standard InChI is InChI=1S/C14H16FNO3/c15-11-4-1-9(2-5-11)12-7-13(17)16-8-10(12)3-6-14(18)19/h1-2,4-5,10,12H,3,6-8H2,(H,16,17)(H,18,19)/t10-,12+/m0/s1. The highest BCUT2D eigenvalue weighted by atomic mass is 19.1. The van der Waals surface area contributed by atoms with Gasteiger partial charge in [0.2, 0.25) is 5.91 Å². The summed E-state index contributed by atoms with van der Waals surface area (Å²) in [5.41, 5.74) is 0.895. The Balaban J connectivity index is 2.13. The van der Waals surface area contributed by atoms with Gasteiger partial charge in [-0.3, -0.25) is 9.59 Å². The second-order valence-corrected chi connectivity index (χ2v) is 4.86. The molecular weight excluding hydrogens is 249 g/mol. The summed E-state index contributed by atoms with van der Waals surface area (Å²) in [6.45, 7) is 0.480. The van der Waals surface area contributed by atoms with Gasteiger partial charge in [-0.2, -0.15) is 0 Å². The lowest BCUT2D eigenvalue weighted by atomic mass is 9.78. The van der Waals surface area contributed by atoms with E-state index in [9.17, 15) is 14.0 Å². The number of halogens is 1. The molecule has 2 atom stereocenters. The Bertz CT molecular complexity index is 472. The second kappa shape index (κ2) is 5.82. The number of hydrogen-bond donors (Lipinski definition) is 2. The van der Waals surface area contributed by atoms with E-state index in [1.54, 1.807) is 12.1 Å². The van der Waals surface area contributed by atoms with E-state index in [2.05, 4.69) is 5.32 Å². The molecule has 2 rings (SSSR count). The van der Waals surface area contributed by atoms with Crippen molar-refractivity contribution in [1.29, 1.82) is 0 Å². The van der Waals surface area contributed by atoms with Gasteiger partial charge in [-0.15, -0.1) is 0 Å². The molecule has 0 aromatic heterocycles. The minimum absolute atomic E-state index is 0.0336. The van der Waals surface area contributed by atoms with Crippen LogP contribution >= 0.6 is 0 Å². The predicted molar refractivity (Wildman–Crippen MR) is 67.1 cm³/mol. The normalized spacial score (nSPS) is 22.9. The van der Waals surface area contributed by atoms with E-state index in [1.165, 1.54) is 12.1 Å². The molecule has 0 spiro atoms. The Kier molecular flexibility index (Phi) is 4.14. The van der Waals surface area contributed by atoms with Gasteiger partial charge in [0.15, 0.2) is 0 Å². The zero-order valence-corrected chi connectivity index (χ0v) is 10.4. The fraction of sp³-hybridized carbons (Fsp3) is 0.429. The van der Waals surface area contributed by atoms with E-state index >= 15 is 0 Å². The van der Waals surface area contributed by atoms with Crippen LogP contribution in [0.5, 0.6) is 0 Å². The summed E-state index contributed by atoms with van der Waals surface area (Å²) < 4.78 is 12.9. The van der Waals surface area contributed by atoms with Gasteiger partial charge in [0.1, 0.15) is 5.82 Å². The molecule has 0 aliphatic carbocycles. The first-order valence-corrected chi connectivity index (χ1v) is 6.30. The number of carbonyl (C=O) groups is 2. The SMILES string of the molecule is O=C(O)CC[C@H]1CNC(=O)C[C@@H]1c1ccc(F)cc1. The van der Waals surface area contributed by atoms with Crippen molar-refractivity contribution in [3.63, 3.8) is 0 Å². The zero-order valence-electron chi connectivity index (χ0n) is 10.4. The van der Waals surface area contributed by atoms with E-state index in [1.807, 2.05) is 0 Å². The molecule has 0 bridgehead atoms. The molecule has 0 saturated carbocycles. The maximum atomic E-state index is 12.9. The van der Waals surface area contributed by atoms with Crippen LogP contribution in [0, 0.1) is 11.7 Å². The number of amides is 1. The van der Waals surface area contributed by atoms with Crippen molar-refractivity contribution in [3.05, 3.63) is 35.6 Å². The van der Waals surface area contributed by atoms with Crippen LogP contribution in [0.4, 0.5) is 4.39 Å². The monoisotopic (exact) mass is 265 g/mol. The topological polar surface area (TPSA) is 66.4 Å². The van der Waals surface area contributed by atoms with Crippen molar-refractivity contribution < 1.29 is 19.1 Å². The number of rotatable bonds is 4. The van der Waals surface area contributed by atoms with Gasteiger partial charge in [-0.05, 0) is 36.0 Å². The summed E-state index contributed by atoms with van der Waals surface area (Å²) >= 11 is 0. The van der Waals surface area contributed by atoms with Crippen LogP contribution in [-0.2, 0) is 9.59 Å². The summed E-state index contributed by atoms with van der Waals surface area (Å²) in [4.78, 5) is 22.2. The molecular formula is C14H16FNO3. The summed E-state index contributed by atoms with van der Waals surface area (Å²) in [5, 5.41) is 11.5. The van der Waals surface area contributed by atoms with E-state index in [-0.39, 0.29) is 30.0 Å². The lowest BCUT2D eigenvalue weighted by Crippen LogP contribution is -2.39. The molecule has 0 unspecified atom stereocenters. The molecule has 2 N–H and O–H groups in total. The average Bonchev–Trinajstić information content (AvgIpc) is 2.38. The molecule has 19 heavy (non-hydrogen) atoms. The minimum Gasteiger partial charge on any atom is -0.481 e. The number of carbonyl (C=O) groups excluding carboxylic acids is 1. The van der Waals surface area contributed by atoms with Crippen molar-refractivity contribution in [2.24, 2.45) is 5.92 Å². The van der Waals surface area contributed by atoms with Crippen LogP contribution in [0.25, 0.3) is 0 Å². The maximum absolute atomic E-state index is 12.9. The fourth-order valence-corrected chi connectivity index (χ4v) is 2.54. The molecule has 5 heteroatoms. The van der Waals surface area contributed by atoms with Gasteiger partial charge in [0.05, 0.1) is 0 Å². The molecule has 1 aliphatic rings. The van der Waals surface area contributed by atoms with E-state index in [0.29, 0.717) is 19.4 Å². The third kappa shape index (κ3) is 3.53. The van der Waals surface area contributed by atoms with Crippen LogP contribution in [-0.4, -0.2) is 23.5 Å². The first-order valence-electron chi connectivity index (χ1n) is 6.30. The summed E-state index contributed by atoms with van der Waals surface area (Å²) in [6.07, 6.45) is 0.922. The number of nitrogens with one attached hydrogen (secondary N) is 1. The van der Waals surface area contributed by atoms with Crippen LogP contribution in [0.3, 0.4) is 0 Å². The number of hydrogen-bond acceptors (Lipinski definition) is 2. The highest BCUT2D eigenvalue weighted by molar-refractivity contribution is 5.78. The first kappa shape index (κ1) is 13.5. The van der Waals surface area contributed by atoms with Crippen LogP contribution in [0.2, 0.25) is 0 Å². The molecule has 1 heterocycles. The van der Waals surface area contributed by atoms with E-state index < -0.39 is 5.97 Å². The largest absolute Gasteiger partial charge is 0.481 e. The highest BCUT2D eigenvalue weighted by Gasteiger charge is 2.30. The second-order valence-electron chi connectivity index (χ2n) is 4.86. The summed E-state index contributed by atoms with van der Waals surface area (Å²) in [6, 6.07) is 6.09. The van der Waals surface area contributed by atoms with Crippen molar-refractivity contribution in [2.45, 2.75) is 25.2 Å². The Morgan fingerprint density at radius 1 is 1.37 bits per heavy atom. The molecule has 4 nitrogen and oxygen atoms in total. The number of carboxylic acid groups (broad SMARTS) is 1. The van der Waals surface area contributed by atoms with Gasteiger partial charge in [-0.1, -0.05) is 12.1 Å². The fourth-order valence-electron chi connectivity index (χ4n) is 2.54. The van der Waals surface area contributed by atoms with Gasteiger partial charge in [0, 0.05) is 19.4 Å². The van der Waals surface area contributed by atoms with E-state index in [4.69, 9.17) is 5.11 Å². The van der Waals surface area contributed by atoms with Crippen molar-refractivity contribution in [3.8, 4) is 0 Å². The number of carboxylic acids is 1. The molecule has 1 fully saturated rings.